The van der Waals surface area contributed by atoms with E-state index in [1.165, 1.54) is 6.42 Å². The molecule has 0 N–H and O–H groups in total. The fourth-order valence-corrected chi connectivity index (χ4v) is 2.12. The van der Waals surface area contributed by atoms with Crippen LogP contribution in [0.4, 0.5) is 0 Å². The predicted molar refractivity (Wildman–Crippen MR) is 61.3 cm³/mol. The molecule has 3 atom stereocenters. The molecule has 0 bridgehead atoms. The Morgan fingerprint density at radius 3 is 2.73 bits per heavy atom. The van der Waals surface area contributed by atoms with E-state index in [4.69, 9.17) is 10.00 Å². The van der Waals surface area contributed by atoms with Gasteiger partial charge in [0.2, 0.25) is 0 Å². The van der Waals surface area contributed by atoms with Gasteiger partial charge in [0.15, 0.2) is 0 Å². The van der Waals surface area contributed by atoms with E-state index in [2.05, 4.69) is 26.8 Å². The Kier molecular flexibility index (Phi) is 5.11. The van der Waals surface area contributed by atoms with E-state index in [0.717, 1.165) is 31.8 Å². The van der Waals surface area contributed by atoms with Gasteiger partial charge in [0.1, 0.15) is 0 Å². The Labute approximate surface area is 93.6 Å². The topological polar surface area (TPSA) is 33.0 Å². The van der Waals surface area contributed by atoms with Crippen molar-refractivity contribution in [2.45, 2.75) is 52.6 Å². The van der Waals surface area contributed by atoms with Crippen LogP contribution in [0.15, 0.2) is 0 Å². The van der Waals surface area contributed by atoms with Gasteiger partial charge in [0.25, 0.3) is 0 Å². The molecular formula is C13H23NO. The van der Waals surface area contributed by atoms with E-state index in [0.29, 0.717) is 5.92 Å². The Balaban J connectivity index is 2.33. The van der Waals surface area contributed by atoms with E-state index in [1.807, 2.05) is 0 Å². The zero-order chi connectivity index (χ0) is 11.3. The van der Waals surface area contributed by atoms with Gasteiger partial charge in [-0.1, -0.05) is 20.8 Å². The number of hydrogen-bond acceptors (Lipinski definition) is 2. The molecule has 0 heterocycles. The molecular weight excluding hydrogens is 186 g/mol. The molecule has 1 saturated carbocycles. The molecule has 1 aliphatic carbocycles. The van der Waals surface area contributed by atoms with Crippen molar-refractivity contribution in [2.24, 2.45) is 17.8 Å². The first kappa shape index (κ1) is 12.5. The summed E-state index contributed by atoms with van der Waals surface area (Å²) in [6.07, 6.45) is 4.56. The fourth-order valence-electron chi connectivity index (χ4n) is 2.12. The Morgan fingerprint density at radius 1 is 1.40 bits per heavy atom. The van der Waals surface area contributed by atoms with Crippen LogP contribution in [0.2, 0.25) is 0 Å². The number of rotatable bonds is 4. The zero-order valence-corrected chi connectivity index (χ0v) is 10.2. The smallest absolute Gasteiger partial charge is 0.0735 e. The molecule has 1 fully saturated rings. The number of nitriles is 1. The minimum absolute atomic E-state index is 0.133. The van der Waals surface area contributed by atoms with Crippen LogP contribution in [-0.2, 0) is 4.74 Å². The van der Waals surface area contributed by atoms with Gasteiger partial charge in [-0.25, -0.2) is 0 Å². The van der Waals surface area contributed by atoms with Crippen LogP contribution in [0.5, 0.6) is 0 Å². The van der Waals surface area contributed by atoms with Crippen molar-refractivity contribution in [1.29, 1.82) is 5.26 Å². The van der Waals surface area contributed by atoms with E-state index in [1.54, 1.807) is 0 Å². The SMILES string of the molecule is CC(C)CCOC1CC(C)CCC1C#N. The van der Waals surface area contributed by atoms with Crippen LogP contribution in [0.25, 0.3) is 0 Å². The van der Waals surface area contributed by atoms with Crippen LogP contribution >= 0.6 is 0 Å². The molecule has 0 saturated heterocycles. The largest absolute Gasteiger partial charge is 0.377 e. The first-order chi connectivity index (χ1) is 7.13. The lowest BCUT2D eigenvalue weighted by Crippen LogP contribution is -2.30. The van der Waals surface area contributed by atoms with Crippen molar-refractivity contribution in [1.82, 2.24) is 0 Å². The molecule has 0 amide bonds. The molecule has 0 aromatic carbocycles. The van der Waals surface area contributed by atoms with Gasteiger partial charge >= 0.3 is 0 Å². The van der Waals surface area contributed by atoms with Crippen LogP contribution in [-0.4, -0.2) is 12.7 Å². The second kappa shape index (κ2) is 6.12. The van der Waals surface area contributed by atoms with Gasteiger partial charge in [-0.3, -0.25) is 0 Å². The summed E-state index contributed by atoms with van der Waals surface area (Å²) >= 11 is 0. The van der Waals surface area contributed by atoms with Gasteiger partial charge in [-0.15, -0.1) is 0 Å². The van der Waals surface area contributed by atoms with Gasteiger partial charge in [-0.05, 0) is 37.5 Å². The number of hydrogen-bond donors (Lipinski definition) is 0. The second-order valence-corrected chi connectivity index (χ2v) is 5.25. The van der Waals surface area contributed by atoms with Gasteiger partial charge < -0.3 is 4.74 Å². The maximum atomic E-state index is 9.03. The summed E-state index contributed by atoms with van der Waals surface area (Å²) < 4.78 is 5.85. The number of ether oxygens (including phenoxy) is 1. The van der Waals surface area contributed by atoms with Crippen molar-refractivity contribution in [3.63, 3.8) is 0 Å². The minimum Gasteiger partial charge on any atom is -0.377 e. The monoisotopic (exact) mass is 209 g/mol. The highest BCUT2D eigenvalue weighted by Crippen LogP contribution is 2.30. The molecule has 3 unspecified atom stereocenters. The molecule has 0 aromatic rings. The van der Waals surface area contributed by atoms with E-state index < -0.39 is 0 Å². The average Bonchev–Trinajstić information content (AvgIpc) is 2.17. The maximum Gasteiger partial charge on any atom is 0.0735 e. The van der Waals surface area contributed by atoms with Crippen molar-refractivity contribution in [3.05, 3.63) is 0 Å². The highest BCUT2D eigenvalue weighted by atomic mass is 16.5. The molecule has 0 radical (unpaired) electrons. The van der Waals surface area contributed by atoms with Crippen molar-refractivity contribution < 1.29 is 4.74 Å². The normalized spacial score (nSPS) is 31.5. The molecule has 1 rings (SSSR count). The lowest BCUT2D eigenvalue weighted by atomic mass is 9.81. The second-order valence-electron chi connectivity index (χ2n) is 5.25. The lowest BCUT2D eigenvalue weighted by molar-refractivity contribution is -0.0111. The highest BCUT2D eigenvalue weighted by molar-refractivity contribution is 4.93. The Hall–Kier alpha value is -0.550. The first-order valence-electron chi connectivity index (χ1n) is 6.14. The summed E-state index contributed by atoms with van der Waals surface area (Å²) in [7, 11) is 0. The van der Waals surface area contributed by atoms with Crippen LogP contribution in [0.3, 0.4) is 0 Å². The zero-order valence-electron chi connectivity index (χ0n) is 10.2. The molecule has 15 heavy (non-hydrogen) atoms. The van der Waals surface area contributed by atoms with Crippen LogP contribution in [0.1, 0.15) is 46.5 Å². The van der Waals surface area contributed by atoms with Crippen molar-refractivity contribution in [3.8, 4) is 6.07 Å². The fraction of sp³-hybridized carbons (Fsp3) is 0.923. The summed E-state index contributed by atoms with van der Waals surface area (Å²) in [6, 6.07) is 2.39. The molecule has 0 aliphatic heterocycles. The standard InChI is InChI=1S/C13H23NO/c1-10(2)6-7-15-13-8-11(3)4-5-12(13)9-14/h10-13H,4-8H2,1-3H3. The highest BCUT2D eigenvalue weighted by Gasteiger charge is 2.29. The third-order valence-electron chi connectivity index (χ3n) is 3.25. The van der Waals surface area contributed by atoms with Crippen LogP contribution < -0.4 is 0 Å². The minimum atomic E-state index is 0.133. The van der Waals surface area contributed by atoms with E-state index in [-0.39, 0.29) is 12.0 Å². The molecule has 1 aliphatic rings. The summed E-state index contributed by atoms with van der Waals surface area (Å²) in [6.45, 7) is 7.48. The van der Waals surface area contributed by atoms with Crippen molar-refractivity contribution in [2.75, 3.05) is 6.61 Å². The van der Waals surface area contributed by atoms with Gasteiger partial charge in [0.05, 0.1) is 18.1 Å². The number of nitrogens with zero attached hydrogens (tertiary/aromatic N) is 1. The summed E-state index contributed by atoms with van der Waals surface area (Å²) in [5.41, 5.74) is 0. The van der Waals surface area contributed by atoms with E-state index in [9.17, 15) is 0 Å². The lowest BCUT2D eigenvalue weighted by Gasteiger charge is -2.31. The first-order valence-corrected chi connectivity index (χ1v) is 6.14. The Morgan fingerprint density at radius 2 is 2.13 bits per heavy atom. The van der Waals surface area contributed by atoms with Gasteiger partial charge in [0, 0.05) is 6.61 Å². The summed E-state index contributed by atoms with van der Waals surface area (Å²) in [4.78, 5) is 0. The average molecular weight is 209 g/mol. The quantitative estimate of drug-likeness (QED) is 0.711. The molecule has 2 heteroatoms. The summed E-state index contributed by atoms with van der Waals surface area (Å²) in [5.74, 6) is 1.54. The molecule has 2 nitrogen and oxygen atoms in total. The summed E-state index contributed by atoms with van der Waals surface area (Å²) in [5, 5.41) is 9.03. The molecule has 0 spiro atoms. The Bertz CT molecular complexity index is 219. The van der Waals surface area contributed by atoms with Crippen LogP contribution in [0, 0.1) is 29.1 Å². The van der Waals surface area contributed by atoms with E-state index >= 15 is 0 Å². The predicted octanol–water partition coefficient (Wildman–Crippen LogP) is 3.38. The van der Waals surface area contributed by atoms with Gasteiger partial charge in [-0.2, -0.15) is 5.26 Å². The van der Waals surface area contributed by atoms with Crippen molar-refractivity contribution >= 4 is 0 Å². The maximum absolute atomic E-state index is 9.03. The third kappa shape index (κ3) is 4.22. The molecule has 0 aromatic heterocycles. The molecule has 86 valence electrons. The third-order valence-corrected chi connectivity index (χ3v) is 3.25.